The maximum atomic E-state index is 12.1. The molecule has 1 aromatic carbocycles. The van der Waals surface area contributed by atoms with Crippen LogP contribution in [-0.4, -0.2) is 22.5 Å². The average Bonchev–Trinajstić information content (AvgIpc) is 2.66. The molecule has 0 N–H and O–H groups in total. The van der Waals surface area contributed by atoms with Gasteiger partial charge < -0.3 is 4.74 Å². The Bertz CT molecular complexity index is 652. The van der Waals surface area contributed by atoms with Crippen LogP contribution in [0.3, 0.4) is 0 Å². The van der Waals surface area contributed by atoms with Gasteiger partial charge in [0.1, 0.15) is 6.97 Å². The SMILES string of the molecule is [2H]C(=O)c1cn(C(=O)OC(C)(C)C)c2ccccc12. The summed E-state index contributed by atoms with van der Waals surface area (Å²) in [6.45, 7) is 5.31. The molecule has 0 unspecified atom stereocenters. The van der Waals surface area contributed by atoms with E-state index in [4.69, 9.17) is 6.11 Å². The molecule has 0 bridgehead atoms. The third kappa shape index (κ3) is 2.27. The lowest BCUT2D eigenvalue weighted by molar-refractivity contribution is 0.0544. The predicted molar refractivity (Wildman–Crippen MR) is 69.0 cm³/mol. The number of carbonyl (C=O) groups excluding carboxylic acids is 2. The van der Waals surface area contributed by atoms with Crippen LogP contribution in [0.15, 0.2) is 30.5 Å². The van der Waals surface area contributed by atoms with Crippen LogP contribution in [0, 0.1) is 0 Å². The topological polar surface area (TPSA) is 48.3 Å². The van der Waals surface area contributed by atoms with Crippen molar-refractivity contribution in [2.75, 3.05) is 0 Å². The first-order valence-corrected chi connectivity index (χ1v) is 5.64. The lowest BCUT2D eigenvalue weighted by atomic mass is 10.2. The lowest BCUT2D eigenvalue weighted by Crippen LogP contribution is -2.26. The zero-order chi connectivity index (χ0) is 14.2. The van der Waals surface area contributed by atoms with Crippen molar-refractivity contribution in [3.8, 4) is 0 Å². The van der Waals surface area contributed by atoms with Crippen LogP contribution in [0.5, 0.6) is 0 Å². The summed E-state index contributed by atoms with van der Waals surface area (Å²) in [4.78, 5) is 23.4. The molecule has 0 saturated heterocycles. The first-order valence-electron chi connectivity index (χ1n) is 6.14. The van der Waals surface area contributed by atoms with E-state index in [0.29, 0.717) is 10.9 Å². The van der Waals surface area contributed by atoms with Crippen molar-refractivity contribution in [1.82, 2.24) is 4.57 Å². The molecule has 0 spiro atoms. The summed E-state index contributed by atoms with van der Waals surface area (Å²) >= 11 is 0. The molecule has 18 heavy (non-hydrogen) atoms. The third-order valence-electron chi connectivity index (χ3n) is 2.41. The van der Waals surface area contributed by atoms with Crippen molar-refractivity contribution < 1.29 is 15.7 Å². The first kappa shape index (κ1) is 11.0. The molecule has 1 aromatic heterocycles. The van der Waals surface area contributed by atoms with Crippen molar-refractivity contribution in [2.45, 2.75) is 26.4 Å². The fourth-order valence-corrected chi connectivity index (χ4v) is 1.72. The maximum absolute atomic E-state index is 12.1. The van der Waals surface area contributed by atoms with Crippen LogP contribution in [-0.2, 0) is 4.74 Å². The van der Waals surface area contributed by atoms with Crippen LogP contribution in [0.25, 0.3) is 10.9 Å². The molecule has 4 nitrogen and oxygen atoms in total. The van der Waals surface area contributed by atoms with E-state index in [1.165, 1.54) is 10.8 Å². The van der Waals surface area contributed by atoms with E-state index in [0.717, 1.165) is 0 Å². The number of ether oxygens (including phenoxy) is 1. The number of benzene rings is 1. The van der Waals surface area contributed by atoms with E-state index < -0.39 is 18.0 Å². The third-order valence-corrected chi connectivity index (χ3v) is 2.41. The Balaban J connectivity index is 2.55. The molecule has 4 heteroatoms. The molecule has 0 fully saturated rings. The Morgan fingerprint density at radius 3 is 2.67 bits per heavy atom. The smallest absolute Gasteiger partial charge is 0.419 e. The fraction of sp³-hybridized carbons (Fsp3) is 0.286. The van der Waals surface area contributed by atoms with E-state index >= 15 is 0 Å². The molecule has 1 heterocycles. The van der Waals surface area contributed by atoms with Gasteiger partial charge >= 0.3 is 6.09 Å². The molecule has 0 aliphatic rings. The Morgan fingerprint density at radius 2 is 2.06 bits per heavy atom. The highest BCUT2D eigenvalue weighted by molar-refractivity contribution is 6.01. The van der Waals surface area contributed by atoms with Gasteiger partial charge in [0.05, 0.1) is 5.52 Å². The van der Waals surface area contributed by atoms with Gasteiger partial charge in [0.15, 0.2) is 6.26 Å². The summed E-state index contributed by atoms with van der Waals surface area (Å²) in [6.07, 6.45) is -0.0247. The molecule has 0 radical (unpaired) electrons. The number of hydrogen-bond donors (Lipinski definition) is 0. The maximum Gasteiger partial charge on any atom is 0.419 e. The van der Waals surface area contributed by atoms with Crippen molar-refractivity contribution in [3.63, 3.8) is 0 Å². The Labute approximate surface area is 107 Å². The van der Waals surface area contributed by atoms with Gasteiger partial charge in [-0.2, -0.15) is 0 Å². The number of hydrogen-bond acceptors (Lipinski definition) is 3. The second-order valence-electron chi connectivity index (χ2n) is 5.01. The second-order valence-corrected chi connectivity index (χ2v) is 5.01. The molecule has 0 amide bonds. The molecular formula is C14H15NO3. The summed E-state index contributed by atoms with van der Waals surface area (Å²) in [5.41, 5.74) is 0.141. The minimum atomic E-state index is -0.821. The molecule has 0 atom stereocenters. The highest BCUT2D eigenvalue weighted by atomic mass is 16.6. The Kier molecular flexibility index (Phi) is 2.63. The molecule has 2 aromatic rings. The zero-order valence-corrected chi connectivity index (χ0v) is 10.6. The normalized spacial score (nSPS) is 12.3. The van der Waals surface area contributed by atoms with Gasteiger partial charge in [0.25, 0.3) is 0 Å². The first-order chi connectivity index (χ1) is 8.79. The quantitative estimate of drug-likeness (QED) is 0.726. The summed E-state index contributed by atoms with van der Waals surface area (Å²) in [7, 11) is 0. The van der Waals surface area contributed by atoms with Gasteiger partial charge in [-0.1, -0.05) is 18.2 Å². The Hall–Kier alpha value is -2.10. The summed E-state index contributed by atoms with van der Waals surface area (Å²) in [5, 5.41) is 0.577. The van der Waals surface area contributed by atoms with Gasteiger partial charge in [0.2, 0.25) is 0 Å². The van der Waals surface area contributed by atoms with Crippen molar-refractivity contribution in [3.05, 3.63) is 36.0 Å². The Morgan fingerprint density at radius 1 is 1.39 bits per heavy atom. The van der Waals surface area contributed by atoms with E-state index in [1.54, 1.807) is 45.0 Å². The van der Waals surface area contributed by atoms with Crippen molar-refractivity contribution in [2.24, 2.45) is 0 Å². The number of para-hydroxylation sites is 1. The lowest BCUT2D eigenvalue weighted by Gasteiger charge is -2.19. The van der Waals surface area contributed by atoms with Crippen LogP contribution in [0.2, 0.25) is 0 Å². The molecule has 0 saturated carbocycles. The van der Waals surface area contributed by atoms with E-state index in [-0.39, 0.29) is 5.56 Å². The number of rotatable bonds is 1. The van der Waals surface area contributed by atoms with Gasteiger partial charge in [-0.3, -0.25) is 9.36 Å². The molecule has 0 aliphatic heterocycles. The number of carbonyl (C=O) groups is 2. The monoisotopic (exact) mass is 246 g/mol. The highest BCUT2D eigenvalue weighted by Gasteiger charge is 2.20. The van der Waals surface area contributed by atoms with Crippen LogP contribution in [0.1, 0.15) is 32.5 Å². The second kappa shape index (κ2) is 4.29. The molecule has 2 rings (SSSR count). The fourth-order valence-electron chi connectivity index (χ4n) is 1.72. The highest BCUT2D eigenvalue weighted by Crippen LogP contribution is 2.21. The molecule has 94 valence electrons. The van der Waals surface area contributed by atoms with Crippen LogP contribution >= 0.6 is 0 Å². The minimum absolute atomic E-state index is 0.196. The van der Waals surface area contributed by atoms with Gasteiger partial charge in [0, 0.05) is 17.1 Å². The van der Waals surface area contributed by atoms with E-state index in [2.05, 4.69) is 0 Å². The summed E-state index contributed by atoms with van der Waals surface area (Å²) < 4.78 is 13.8. The average molecular weight is 246 g/mol. The summed E-state index contributed by atoms with van der Waals surface area (Å²) in [6, 6.07) is 6.94. The van der Waals surface area contributed by atoms with Crippen molar-refractivity contribution >= 4 is 23.3 Å². The summed E-state index contributed by atoms with van der Waals surface area (Å²) in [5.74, 6) is 0. The standard InChI is InChI=1S/C14H15NO3/c1-14(2,3)18-13(17)15-8-10(9-16)11-6-4-5-7-12(11)15/h4-9H,1-3H3/i9D. The number of nitrogens with zero attached hydrogens (tertiary/aromatic N) is 1. The predicted octanol–water partition coefficient (Wildman–Crippen LogP) is 3.24. The number of fused-ring (bicyclic) bond motifs is 1. The van der Waals surface area contributed by atoms with Crippen molar-refractivity contribution in [1.29, 1.82) is 0 Å². The van der Waals surface area contributed by atoms with E-state index in [9.17, 15) is 9.59 Å². The van der Waals surface area contributed by atoms with Gasteiger partial charge in [-0.15, -0.1) is 0 Å². The zero-order valence-electron chi connectivity index (χ0n) is 11.6. The molecular weight excluding hydrogens is 230 g/mol. The number of aromatic nitrogens is 1. The van der Waals surface area contributed by atoms with E-state index in [1.807, 2.05) is 0 Å². The van der Waals surface area contributed by atoms with Gasteiger partial charge in [-0.05, 0) is 26.8 Å². The number of aldehydes is 1. The van der Waals surface area contributed by atoms with Crippen LogP contribution < -0.4 is 0 Å². The van der Waals surface area contributed by atoms with Crippen LogP contribution in [0.4, 0.5) is 4.79 Å². The van der Waals surface area contributed by atoms with Gasteiger partial charge in [-0.25, -0.2) is 4.79 Å². The molecule has 0 aliphatic carbocycles. The minimum Gasteiger partial charge on any atom is -0.443 e. The largest absolute Gasteiger partial charge is 0.443 e.